The zero-order valence-electron chi connectivity index (χ0n) is 22.1. The maximum absolute atomic E-state index is 6.57. The van der Waals surface area contributed by atoms with Gasteiger partial charge in [0.25, 0.3) is 0 Å². The first-order valence-electron chi connectivity index (χ1n) is 13.4. The fraction of sp³-hybridized carbons (Fsp3) is 0.0278. The Kier molecular flexibility index (Phi) is 7.77. The molecular weight excluding hydrogens is 505 g/mol. The van der Waals surface area contributed by atoms with Crippen LogP contribution < -0.4 is 27.1 Å². The van der Waals surface area contributed by atoms with E-state index in [0.29, 0.717) is 0 Å². The largest absolute Gasteiger partial charge is 0.346 e. The molecular formula is C36H30N3P. The predicted octanol–water partition coefficient (Wildman–Crippen LogP) is 6.67. The molecule has 1 atom stereocenters. The van der Waals surface area contributed by atoms with Crippen LogP contribution in [0.3, 0.4) is 0 Å². The molecule has 0 radical (unpaired) electrons. The minimum absolute atomic E-state index is 0.481. The predicted molar refractivity (Wildman–Crippen MR) is 169 cm³/mol. The maximum atomic E-state index is 6.57. The summed E-state index contributed by atoms with van der Waals surface area (Å²) in [6.07, 6.45) is 1.40. The van der Waals surface area contributed by atoms with E-state index < -0.39 is 14.1 Å². The van der Waals surface area contributed by atoms with Gasteiger partial charge in [0.05, 0.1) is 0 Å². The zero-order chi connectivity index (χ0) is 27.1. The average molecular weight is 536 g/mol. The van der Waals surface area contributed by atoms with Crippen molar-refractivity contribution in [3.05, 3.63) is 169 Å². The van der Waals surface area contributed by atoms with Gasteiger partial charge in [-0.25, -0.2) is 4.99 Å². The number of benzene rings is 5. The Labute approximate surface area is 236 Å². The summed E-state index contributed by atoms with van der Waals surface area (Å²) < 4.78 is 0. The van der Waals surface area contributed by atoms with E-state index in [-0.39, 0.29) is 0 Å². The highest BCUT2D eigenvalue weighted by atomic mass is 31.1. The van der Waals surface area contributed by atoms with Crippen molar-refractivity contribution in [3.8, 4) is 22.3 Å². The Morgan fingerprint density at radius 2 is 1.10 bits per heavy atom. The minimum atomic E-state index is -0.658. The molecule has 3 nitrogen and oxygen atoms in total. The van der Waals surface area contributed by atoms with Crippen LogP contribution in [0.1, 0.15) is 11.7 Å². The van der Waals surface area contributed by atoms with Gasteiger partial charge in [0.1, 0.15) is 11.7 Å². The Hall–Kier alpha value is -4.56. The number of pyridine rings is 1. The molecule has 5 aromatic carbocycles. The van der Waals surface area contributed by atoms with E-state index in [0.717, 1.165) is 27.7 Å². The van der Waals surface area contributed by atoms with Crippen LogP contribution in [0.4, 0.5) is 0 Å². The van der Waals surface area contributed by atoms with Gasteiger partial charge in [0.2, 0.25) is 0 Å². The molecule has 0 aliphatic rings. The van der Waals surface area contributed by atoms with Crippen molar-refractivity contribution in [1.29, 1.82) is 0 Å². The molecule has 40 heavy (non-hydrogen) atoms. The first-order valence-corrected chi connectivity index (χ1v) is 14.7. The number of nitrogens with two attached hydrogens (primary N) is 1. The van der Waals surface area contributed by atoms with Crippen LogP contribution >= 0.6 is 7.92 Å². The monoisotopic (exact) mass is 535 g/mol. The number of hydrogen-bond donors (Lipinski definition) is 2. The SMILES string of the molecule is NC(/N=c1\[nH]cccc1-c1ccccc1)c1ccc(-c2cccc(P(c3ccccc3)c3ccccc3)c2)cc1. The lowest BCUT2D eigenvalue weighted by Gasteiger charge is -2.20. The van der Waals surface area contributed by atoms with Gasteiger partial charge in [-0.1, -0.05) is 133 Å². The van der Waals surface area contributed by atoms with E-state index in [1.165, 1.54) is 21.5 Å². The van der Waals surface area contributed by atoms with Gasteiger partial charge in [-0.15, -0.1) is 0 Å². The molecule has 0 saturated carbocycles. The lowest BCUT2D eigenvalue weighted by atomic mass is 10.0. The average Bonchev–Trinajstić information content (AvgIpc) is 3.03. The van der Waals surface area contributed by atoms with Crippen LogP contribution in [-0.2, 0) is 0 Å². The highest BCUT2D eigenvalue weighted by molar-refractivity contribution is 7.79. The van der Waals surface area contributed by atoms with E-state index in [4.69, 9.17) is 10.7 Å². The van der Waals surface area contributed by atoms with E-state index in [1.54, 1.807) is 0 Å². The summed E-state index contributed by atoms with van der Waals surface area (Å²) in [7, 11) is -0.658. The fourth-order valence-electron chi connectivity index (χ4n) is 4.90. The van der Waals surface area contributed by atoms with Gasteiger partial charge in [-0.05, 0) is 64.3 Å². The van der Waals surface area contributed by atoms with Crippen LogP contribution in [0.2, 0.25) is 0 Å². The van der Waals surface area contributed by atoms with E-state index in [2.05, 4.69) is 132 Å². The molecule has 1 aromatic heterocycles. The summed E-state index contributed by atoms with van der Waals surface area (Å²) in [5, 5.41) is 4.02. The third-order valence-electron chi connectivity index (χ3n) is 6.91. The molecule has 1 unspecified atom stereocenters. The summed E-state index contributed by atoms with van der Waals surface area (Å²) in [5.41, 5.74) is 12.8. The molecule has 1 heterocycles. The fourth-order valence-corrected chi connectivity index (χ4v) is 7.24. The van der Waals surface area contributed by atoms with Crippen LogP contribution in [-0.4, -0.2) is 4.98 Å². The number of aromatic nitrogens is 1. The second-order valence-electron chi connectivity index (χ2n) is 9.55. The first-order chi connectivity index (χ1) is 19.8. The van der Waals surface area contributed by atoms with Gasteiger partial charge in [-0.2, -0.15) is 0 Å². The van der Waals surface area contributed by atoms with Crippen LogP contribution in [0.15, 0.2) is 163 Å². The molecule has 0 spiro atoms. The van der Waals surface area contributed by atoms with Gasteiger partial charge in [-0.3, -0.25) is 0 Å². The number of rotatable bonds is 7. The van der Waals surface area contributed by atoms with Crippen LogP contribution in [0, 0.1) is 0 Å². The second kappa shape index (κ2) is 12.1. The third kappa shape index (κ3) is 5.72. The van der Waals surface area contributed by atoms with Crippen molar-refractivity contribution in [2.75, 3.05) is 0 Å². The Bertz CT molecular complexity index is 1710. The quantitative estimate of drug-likeness (QED) is 0.221. The molecule has 3 N–H and O–H groups in total. The van der Waals surface area contributed by atoms with Crippen molar-refractivity contribution in [2.24, 2.45) is 10.7 Å². The summed E-state index contributed by atoms with van der Waals surface area (Å²) in [5.74, 6) is 0. The lowest BCUT2D eigenvalue weighted by molar-refractivity contribution is 0.739. The summed E-state index contributed by atoms with van der Waals surface area (Å²) in [6, 6.07) is 53.3. The van der Waals surface area contributed by atoms with Gasteiger partial charge in [0, 0.05) is 11.8 Å². The molecule has 0 saturated heterocycles. The van der Waals surface area contributed by atoms with Crippen LogP contribution in [0.25, 0.3) is 22.3 Å². The van der Waals surface area contributed by atoms with Gasteiger partial charge in [0.15, 0.2) is 0 Å². The first kappa shape index (κ1) is 25.7. The summed E-state index contributed by atoms with van der Waals surface area (Å²) in [6.45, 7) is 0. The Morgan fingerprint density at radius 3 is 1.75 bits per heavy atom. The second-order valence-corrected chi connectivity index (χ2v) is 11.8. The lowest BCUT2D eigenvalue weighted by Crippen LogP contribution is -2.20. The van der Waals surface area contributed by atoms with Crippen LogP contribution in [0.5, 0.6) is 0 Å². The van der Waals surface area contributed by atoms with Crippen molar-refractivity contribution in [2.45, 2.75) is 6.17 Å². The highest BCUT2D eigenvalue weighted by Crippen LogP contribution is 2.34. The van der Waals surface area contributed by atoms with Crippen molar-refractivity contribution >= 4 is 23.8 Å². The molecule has 6 rings (SSSR count). The number of nitrogens with zero attached hydrogens (tertiary/aromatic N) is 1. The molecule has 0 bridgehead atoms. The number of H-pyrrole nitrogens is 1. The molecule has 0 amide bonds. The summed E-state index contributed by atoms with van der Waals surface area (Å²) in [4.78, 5) is 8.11. The van der Waals surface area contributed by atoms with E-state index >= 15 is 0 Å². The standard InChI is InChI=1S/C36H30N3P/c37-35(39-36-34(20-11-25-38-36)28-12-4-1-5-13-28)29-23-21-27(22-24-29)30-14-10-19-33(26-30)40(31-15-6-2-7-16-31)32-17-8-3-9-18-32/h1-26,35H,37H2,(H,38,39). The van der Waals surface area contributed by atoms with Gasteiger partial charge < -0.3 is 10.7 Å². The van der Waals surface area contributed by atoms with Crippen molar-refractivity contribution < 1.29 is 0 Å². The number of aromatic amines is 1. The normalized spacial score (nSPS) is 12.4. The molecule has 0 aliphatic heterocycles. The summed E-state index contributed by atoms with van der Waals surface area (Å²) >= 11 is 0. The Balaban J connectivity index is 1.30. The van der Waals surface area contributed by atoms with E-state index in [1.807, 2.05) is 30.5 Å². The minimum Gasteiger partial charge on any atom is -0.346 e. The third-order valence-corrected chi connectivity index (χ3v) is 9.33. The molecule has 194 valence electrons. The topological polar surface area (TPSA) is 54.2 Å². The van der Waals surface area contributed by atoms with Crippen molar-refractivity contribution in [3.63, 3.8) is 0 Å². The molecule has 4 heteroatoms. The Morgan fingerprint density at radius 1 is 0.525 bits per heavy atom. The van der Waals surface area contributed by atoms with Gasteiger partial charge >= 0.3 is 0 Å². The molecule has 0 aliphatic carbocycles. The number of hydrogen-bond acceptors (Lipinski definition) is 2. The van der Waals surface area contributed by atoms with Crippen molar-refractivity contribution in [1.82, 2.24) is 4.98 Å². The molecule has 6 aromatic rings. The maximum Gasteiger partial charge on any atom is 0.134 e. The number of nitrogens with one attached hydrogen (secondary N) is 1. The zero-order valence-corrected chi connectivity index (χ0v) is 23.0. The van der Waals surface area contributed by atoms with E-state index in [9.17, 15) is 0 Å². The molecule has 0 fully saturated rings. The highest BCUT2D eigenvalue weighted by Gasteiger charge is 2.17. The smallest absolute Gasteiger partial charge is 0.134 e.